The van der Waals surface area contributed by atoms with Crippen molar-refractivity contribution in [3.63, 3.8) is 0 Å². The van der Waals surface area contributed by atoms with E-state index in [1.807, 2.05) is 0 Å². The van der Waals surface area contributed by atoms with E-state index in [9.17, 15) is 5.11 Å². The predicted octanol–water partition coefficient (Wildman–Crippen LogP) is 2.36. The van der Waals surface area contributed by atoms with E-state index < -0.39 is 5.60 Å². The Kier molecular flexibility index (Phi) is 4.45. The number of nitrogens with two attached hydrogens (primary N) is 1. The van der Waals surface area contributed by atoms with Crippen molar-refractivity contribution >= 4 is 0 Å². The van der Waals surface area contributed by atoms with Gasteiger partial charge in [0.2, 0.25) is 0 Å². The molecular formula is C14H27NO2. The fourth-order valence-electron chi connectivity index (χ4n) is 3.20. The van der Waals surface area contributed by atoms with Crippen molar-refractivity contribution < 1.29 is 9.84 Å². The van der Waals surface area contributed by atoms with E-state index in [2.05, 4.69) is 0 Å². The molecule has 3 nitrogen and oxygen atoms in total. The van der Waals surface area contributed by atoms with Gasteiger partial charge in [-0.2, -0.15) is 0 Å². The summed E-state index contributed by atoms with van der Waals surface area (Å²) < 4.78 is 5.74. The Balaban J connectivity index is 1.72. The maximum absolute atomic E-state index is 10.2. The summed E-state index contributed by atoms with van der Waals surface area (Å²) in [5.41, 5.74) is 5.69. The lowest BCUT2D eigenvalue weighted by Crippen LogP contribution is -2.45. The normalized spacial score (nSPS) is 27.9. The second-order valence-corrected chi connectivity index (χ2v) is 6.20. The smallest absolute Gasteiger partial charge is 0.0880 e. The second-order valence-electron chi connectivity index (χ2n) is 6.20. The van der Waals surface area contributed by atoms with Gasteiger partial charge in [-0.05, 0) is 25.7 Å². The summed E-state index contributed by atoms with van der Waals surface area (Å²) in [5.74, 6) is 0. The minimum atomic E-state index is -0.554. The molecule has 0 saturated heterocycles. The van der Waals surface area contributed by atoms with E-state index in [0.29, 0.717) is 13.2 Å². The van der Waals surface area contributed by atoms with Gasteiger partial charge >= 0.3 is 0 Å². The van der Waals surface area contributed by atoms with Crippen LogP contribution in [-0.4, -0.2) is 29.5 Å². The highest BCUT2D eigenvalue weighted by Crippen LogP contribution is 2.30. The highest BCUT2D eigenvalue weighted by molar-refractivity contribution is 4.88. The summed E-state index contributed by atoms with van der Waals surface area (Å²) in [6.45, 7) is 1.10. The molecule has 17 heavy (non-hydrogen) atoms. The van der Waals surface area contributed by atoms with Gasteiger partial charge in [-0.3, -0.25) is 0 Å². The Bertz CT molecular complexity index is 228. The largest absolute Gasteiger partial charge is 0.387 e. The van der Waals surface area contributed by atoms with Crippen LogP contribution >= 0.6 is 0 Å². The van der Waals surface area contributed by atoms with Gasteiger partial charge in [0.25, 0.3) is 0 Å². The molecule has 2 aliphatic carbocycles. The monoisotopic (exact) mass is 241 g/mol. The maximum atomic E-state index is 10.2. The van der Waals surface area contributed by atoms with E-state index in [1.54, 1.807) is 0 Å². The first kappa shape index (κ1) is 13.3. The number of ether oxygens (including phenoxy) is 1. The summed E-state index contributed by atoms with van der Waals surface area (Å²) in [6.07, 6.45) is 11.3. The number of hydrogen-bond donors (Lipinski definition) is 2. The third-order valence-electron chi connectivity index (χ3n) is 4.39. The van der Waals surface area contributed by atoms with Crippen LogP contribution < -0.4 is 5.73 Å². The van der Waals surface area contributed by atoms with Crippen molar-refractivity contribution in [2.45, 2.75) is 75.3 Å². The quantitative estimate of drug-likeness (QED) is 0.743. The van der Waals surface area contributed by atoms with Gasteiger partial charge in [0.1, 0.15) is 0 Å². The van der Waals surface area contributed by atoms with Crippen LogP contribution in [0.1, 0.15) is 64.2 Å². The van der Waals surface area contributed by atoms with Crippen LogP contribution in [0.5, 0.6) is 0 Å². The number of aliphatic hydroxyl groups is 1. The van der Waals surface area contributed by atoms with Gasteiger partial charge < -0.3 is 15.6 Å². The molecular weight excluding hydrogens is 214 g/mol. The first-order valence-electron chi connectivity index (χ1n) is 7.21. The van der Waals surface area contributed by atoms with Crippen LogP contribution in [-0.2, 0) is 4.74 Å². The molecule has 0 unspecified atom stereocenters. The fraction of sp³-hybridized carbons (Fsp3) is 1.00. The van der Waals surface area contributed by atoms with Crippen molar-refractivity contribution in [3.05, 3.63) is 0 Å². The molecule has 2 saturated carbocycles. The molecule has 0 atom stereocenters. The van der Waals surface area contributed by atoms with Gasteiger partial charge in [-0.25, -0.2) is 0 Å². The molecule has 0 amide bonds. The van der Waals surface area contributed by atoms with Gasteiger partial charge in [-0.15, -0.1) is 0 Å². The zero-order chi connectivity index (χ0) is 12.2. The summed E-state index contributed by atoms with van der Waals surface area (Å²) in [4.78, 5) is 0. The number of hydrogen-bond acceptors (Lipinski definition) is 3. The van der Waals surface area contributed by atoms with Crippen LogP contribution in [0.15, 0.2) is 0 Å². The van der Waals surface area contributed by atoms with Crippen LogP contribution in [0.4, 0.5) is 0 Å². The maximum Gasteiger partial charge on any atom is 0.0880 e. The fourth-order valence-corrected chi connectivity index (χ4v) is 3.20. The lowest BCUT2D eigenvalue weighted by Gasteiger charge is -2.30. The van der Waals surface area contributed by atoms with Crippen molar-refractivity contribution in [1.82, 2.24) is 0 Å². The molecule has 100 valence electrons. The van der Waals surface area contributed by atoms with Crippen LogP contribution in [0.25, 0.3) is 0 Å². The average Bonchev–Trinajstić information content (AvgIpc) is 2.59. The zero-order valence-electron chi connectivity index (χ0n) is 10.9. The molecule has 0 bridgehead atoms. The Morgan fingerprint density at radius 3 is 1.94 bits per heavy atom. The molecule has 0 radical (unpaired) electrons. The predicted molar refractivity (Wildman–Crippen MR) is 68.9 cm³/mol. The summed E-state index contributed by atoms with van der Waals surface area (Å²) in [6, 6.07) is 0. The molecule has 0 aromatic rings. The van der Waals surface area contributed by atoms with Gasteiger partial charge in [0, 0.05) is 5.54 Å². The van der Waals surface area contributed by atoms with Crippen molar-refractivity contribution in [1.29, 1.82) is 0 Å². The van der Waals surface area contributed by atoms with Crippen LogP contribution in [0.3, 0.4) is 0 Å². The minimum absolute atomic E-state index is 0.133. The highest BCUT2D eigenvalue weighted by atomic mass is 16.5. The Morgan fingerprint density at radius 1 is 0.824 bits per heavy atom. The Hall–Kier alpha value is -0.120. The van der Waals surface area contributed by atoms with Crippen molar-refractivity contribution in [3.8, 4) is 0 Å². The zero-order valence-corrected chi connectivity index (χ0v) is 10.9. The van der Waals surface area contributed by atoms with E-state index in [-0.39, 0.29) is 5.54 Å². The topological polar surface area (TPSA) is 55.5 Å². The van der Waals surface area contributed by atoms with E-state index in [1.165, 1.54) is 25.7 Å². The van der Waals surface area contributed by atoms with Gasteiger partial charge in [0.05, 0.1) is 18.8 Å². The molecule has 0 spiro atoms. The Morgan fingerprint density at radius 2 is 1.35 bits per heavy atom. The lowest BCUT2D eigenvalue weighted by atomic mass is 9.92. The second kappa shape index (κ2) is 5.68. The molecule has 0 aromatic heterocycles. The molecule has 0 aliphatic heterocycles. The molecule has 3 N–H and O–H groups in total. The molecule has 2 rings (SSSR count). The standard InChI is InChI=1S/C14H27NO2/c15-13(7-3-1-2-4-8-13)11-17-12-14(16)9-5-6-10-14/h16H,1-12,15H2. The van der Waals surface area contributed by atoms with Crippen molar-refractivity contribution in [2.24, 2.45) is 5.73 Å². The molecule has 3 heteroatoms. The highest BCUT2D eigenvalue weighted by Gasteiger charge is 2.33. The van der Waals surface area contributed by atoms with Crippen LogP contribution in [0, 0.1) is 0 Å². The molecule has 2 fully saturated rings. The van der Waals surface area contributed by atoms with Gasteiger partial charge in [0.15, 0.2) is 0 Å². The SMILES string of the molecule is NC1(COCC2(O)CCCC2)CCCCCC1. The first-order valence-corrected chi connectivity index (χ1v) is 7.21. The van der Waals surface area contributed by atoms with Gasteiger partial charge in [-0.1, -0.05) is 38.5 Å². The average molecular weight is 241 g/mol. The van der Waals surface area contributed by atoms with Crippen molar-refractivity contribution in [2.75, 3.05) is 13.2 Å². The van der Waals surface area contributed by atoms with E-state index in [0.717, 1.165) is 38.5 Å². The van der Waals surface area contributed by atoms with E-state index >= 15 is 0 Å². The van der Waals surface area contributed by atoms with Crippen LogP contribution in [0.2, 0.25) is 0 Å². The minimum Gasteiger partial charge on any atom is -0.387 e. The third kappa shape index (κ3) is 3.94. The summed E-state index contributed by atoms with van der Waals surface area (Å²) >= 11 is 0. The Labute approximate surface area is 105 Å². The molecule has 2 aliphatic rings. The number of rotatable bonds is 4. The first-order chi connectivity index (χ1) is 8.12. The molecule has 0 heterocycles. The summed E-state index contributed by atoms with van der Waals surface area (Å²) in [7, 11) is 0. The third-order valence-corrected chi connectivity index (χ3v) is 4.39. The van der Waals surface area contributed by atoms with E-state index in [4.69, 9.17) is 10.5 Å². The lowest BCUT2D eigenvalue weighted by molar-refractivity contribution is -0.0537. The molecule has 0 aromatic carbocycles. The summed E-state index contributed by atoms with van der Waals surface area (Å²) in [5, 5.41) is 10.2.